The molecule has 0 saturated heterocycles. The molecule has 0 fully saturated rings. The Morgan fingerprint density at radius 2 is 1.94 bits per heavy atom. The van der Waals surface area contributed by atoms with Gasteiger partial charge in [0.15, 0.2) is 5.82 Å². The normalized spacial score (nSPS) is 12.6. The first kappa shape index (κ1) is 22.6. The van der Waals surface area contributed by atoms with Crippen LogP contribution in [0.25, 0.3) is 5.95 Å². The molecule has 3 aromatic rings. The fourth-order valence-corrected chi connectivity index (χ4v) is 3.17. The van der Waals surface area contributed by atoms with E-state index in [0.29, 0.717) is 5.82 Å². The Morgan fingerprint density at radius 3 is 2.58 bits per heavy atom. The molecular formula is C19H18ClF3N6O2. The number of nitrogens with zero attached hydrogens (tertiary/aromatic N) is 6. The van der Waals surface area contributed by atoms with Gasteiger partial charge in [-0.2, -0.15) is 23.0 Å². The van der Waals surface area contributed by atoms with Gasteiger partial charge in [-0.05, 0) is 31.2 Å². The molecule has 1 unspecified atom stereocenters. The van der Waals surface area contributed by atoms with Crippen LogP contribution < -0.4 is 0 Å². The highest BCUT2D eigenvalue weighted by atomic mass is 35.5. The zero-order valence-corrected chi connectivity index (χ0v) is 17.3. The van der Waals surface area contributed by atoms with Gasteiger partial charge in [0.1, 0.15) is 6.33 Å². The van der Waals surface area contributed by atoms with E-state index in [1.54, 1.807) is 13.0 Å². The predicted molar refractivity (Wildman–Crippen MR) is 105 cm³/mol. The van der Waals surface area contributed by atoms with Crippen LogP contribution in [0.4, 0.5) is 13.2 Å². The lowest BCUT2D eigenvalue weighted by Gasteiger charge is -2.29. The standard InChI is InChI=1S/C19H18ClF3N6O2/c1-12(16-26-11-27-29(16)18-24-4-3-5-25-18)28(6-7-31-2)17(30)13-8-14(19(21,22)23)10-15(20)9-13/h3-5,8-12H,6-7H2,1-2H3. The van der Waals surface area contributed by atoms with Crippen molar-refractivity contribution < 1.29 is 22.7 Å². The van der Waals surface area contributed by atoms with Gasteiger partial charge in [0, 0.05) is 36.6 Å². The number of hydrogen-bond acceptors (Lipinski definition) is 6. The Kier molecular flexibility index (Phi) is 6.86. The molecule has 3 rings (SSSR count). The van der Waals surface area contributed by atoms with Gasteiger partial charge in [-0.15, -0.1) is 0 Å². The van der Waals surface area contributed by atoms with Gasteiger partial charge in [0.25, 0.3) is 11.9 Å². The van der Waals surface area contributed by atoms with E-state index in [1.807, 2.05) is 0 Å². The summed E-state index contributed by atoms with van der Waals surface area (Å²) < 4.78 is 46.0. The molecule has 12 heteroatoms. The van der Waals surface area contributed by atoms with E-state index < -0.39 is 23.7 Å². The molecular weight excluding hydrogens is 437 g/mol. The highest BCUT2D eigenvalue weighted by Crippen LogP contribution is 2.33. The first-order valence-electron chi connectivity index (χ1n) is 9.07. The van der Waals surface area contributed by atoms with Crippen LogP contribution in [0.5, 0.6) is 0 Å². The highest BCUT2D eigenvalue weighted by Gasteiger charge is 2.33. The third-order valence-corrected chi connectivity index (χ3v) is 4.64. The van der Waals surface area contributed by atoms with Crippen molar-refractivity contribution in [1.82, 2.24) is 29.6 Å². The Morgan fingerprint density at radius 1 is 1.23 bits per heavy atom. The van der Waals surface area contributed by atoms with E-state index in [-0.39, 0.29) is 29.7 Å². The fraction of sp³-hybridized carbons (Fsp3) is 0.316. The molecule has 0 radical (unpaired) electrons. The second kappa shape index (κ2) is 9.40. The summed E-state index contributed by atoms with van der Waals surface area (Å²) in [6.45, 7) is 1.91. The summed E-state index contributed by atoms with van der Waals surface area (Å²) in [4.78, 5) is 27.0. The summed E-state index contributed by atoms with van der Waals surface area (Å²) in [6.07, 6.45) is -0.316. The van der Waals surface area contributed by atoms with E-state index >= 15 is 0 Å². The van der Waals surface area contributed by atoms with Crippen LogP contribution in [-0.4, -0.2) is 55.8 Å². The van der Waals surface area contributed by atoms with Crippen molar-refractivity contribution in [2.24, 2.45) is 0 Å². The van der Waals surface area contributed by atoms with E-state index in [4.69, 9.17) is 16.3 Å². The lowest BCUT2D eigenvalue weighted by molar-refractivity contribution is -0.137. The van der Waals surface area contributed by atoms with Crippen LogP contribution >= 0.6 is 11.6 Å². The second-order valence-corrected chi connectivity index (χ2v) is 6.91. The van der Waals surface area contributed by atoms with Gasteiger partial charge >= 0.3 is 6.18 Å². The van der Waals surface area contributed by atoms with Gasteiger partial charge < -0.3 is 9.64 Å². The molecule has 0 saturated carbocycles. The number of benzene rings is 1. The Labute approximate surface area is 180 Å². The monoisotopic (exact) mass is 454 g/mol. The molecule has 0 spiro atoms. The number of carbonyl (C=O) groups excluding carboxylic acids is 1. The van der Waals surface area contributed by atoms with Crippen LogP contribution in [0.2, 0.25) is 5.02 Å². The van der Waals surface area contributed by atoms with Crippen molar-refractivity contribution in [2.75, 3.05) is 20.3 Å². The Balaban J connectivity index is 1.99. The average molecular weight is 455 g/mol. The molecule has 0 aliphatic rings. The molecule has 0 N–H and O–H groups in total. The molecule has 2 aromatic heterocycles. The number of halogens is 4. The van der Waals surface area contributed by atoms with E-state index in [1.165, 1.54) is 41.5 Å². The summed E-state index contributed by atoms with van der Waals surface area (Å²) in [7, 11) is 1.45. The Bertz CT molecular complexity index is 1040. The largest absolute Gasteiger partial charge is 0.416 e. The van der Waals surface area contributed by atoms with Gasteiger partial charge in [0.2, 0.25) is 0 Å². The quantitative estimate of drug-likeness (QED) is 0.542. The number of ether oxygens (including phenoxy) is 1. The van der Waals surface area contributed by atoms with Crippen molar-refractivity contribution >= 4 is 17.5 Å². The molecule has 31 heavy (non-hydrogen) atoms. The zero-order chi connectivity index (χ0) is 22.6. The van der Waals surface area contributed by atoms with E-state index in [9.17, 15) is 18.0 Å². The summed E-state index contributed by atoms with van der Waals surface area (Å²) in [6, 6.07) is 3.67. The van der Waals surface area contributed by atoms with E-state index in [0.717, 1.165) is 12.1 Å². The highest BCUT2D eigenvalue weighted by molar-refractivity contribution is 6.31. The van der Waals surface area contributed by atoms with Gasteiger partial charge in [0.05, 0.1) is 18.2 Å². The smallest absolute Gasteiger partial charge is 0.383 e. The van der Waals surface area contributed by atoms with E-state index in [2.05, 4.69) is 20.1 Å². The van der Waals surface area contributed by atoms with Crippen LogP contribution in [0.15, 0.2) is 43.0 Å². The second-order valence-electron chi connectivity index (χ2n) is 6.47. The fourth-order valence-electron chi connectivity index (χ4n) is 2.93. The van der Waals surface area contributed by atoms with Crippen molar-refractivity contribution in [3.8, 4) is 5.95 Å². The lowest BCUT2D eigenvalue weighted by Crippen LogP contribution is -2.37. The van der Waals surface area contributed by atoms with Crippen LogP contribution in [0, 0.1) is 0 Å². The third kappa shape index (κ3) is 5.17. The van der Waals surface area contributed by atoms with Crippen molar-refractivity contribution in [2.45, 2.75) is 19.1 Å². The van der Waals surface area contributed by atoms with Crippen LogP contribution in [0.1, 0.15) is 34.7 Å². The summed E-state index contributed by atoms with van der Waals surface area (Å²) >= 11 is 5.86. The molecule has 0 aliphatic carbocycles. The minimum atomic E-state index is -4.65. The lowest BCUT2D eigenvalue weighted by atomic mass is 10.1. The van der Waals surface area contributed by atoms with Crippen molar-refractivity contribution in [3.63, 3.8) is 0 Å². The SMILES string of the molecule is COCCN(C(=O)c1cc(Cl)cc(C(F)(F)F)c1)C(C)c1ncnn1-c1ncccn1. The van der Waals surface area contributed by atoms with Gasteiger partial charge in [-0.25, -0.2) is 15.0 Å². The predicted octanol–water partition coefficient (Wildman–Crippen LogP) is 3.58. The number of carbonyl (C=O) groups is 1. The first-order valence-corrected chi connectivity index (χ1v) is 9.45. The summed E-state index contributed by atoms with van der Waals surface area (Å²) in [5.74, 6) is -0.0992. The summed E-state index contributed by atoms with van der Waals surface area (Å²) in [5, 5.41) is 3.91. The molecule has 0 bridgehead atoms. The number of alkyl halides is 3. The van der Waals surface area contributed by atoms with Gasteiger partial charge in [-0.3, -0.25) is 4.79 Å². The number of hydrogen-bond donors (Lipinski definition) is 0. The number of rotatable bonds is 7. The number of methoxy groups -OCH3 is 1. The molecule has 8 nitrogen and oxygen atoms in total. The molecule has 164 valence electrons. The zero-order valence-electron chi connectivity index (χ0n) is 16.5. The van der Waals surface area contributed by atoms with Crippen molar-refractivity contribution in [3.05, 3.63) is 65.0 Å². The molecule has 0 aliphatic heterocycles. The Hall–Kier alpha value is -3.05. The average Bonchev–Trinajstić information content (AvgIpc) is 3.23. The maximum Gasteiger partial charge on any atom is 0.416 e. The maximum atomic E-state index is 13.2. The third-order valence-electron chi connectivity index (χ3n) is 4.43. The van der Waals surface area contributed by atoms with Crippen LogP contribution in [0.3, 0.4) is 0 Å². The summed E-state index contributed by atoms with van der Waals surface area (Å²) in [5.41, 5.74) is -1.21. The topological polar surface area (TPSA) is 86.0 Å². The minimum absolute atomic E-state index is 0.0902. The molecule has 1 aromatic carbocycles. The van der Waals surface area contributed by atoms with Gasteiger partial charge in [-0.1, -0.05) is 11.6 Å². The van der Waals surface area contributed by atoms with Crippen LogP contribution in [-0.2, 0) is 10.9 Å². The van der Waals surface area contributed by atoms with Crippen molar-refractivity contribution in [1.29, 1.82) is 0 Å². The molecule has 2 heterocycles. The molecule has 1 atom stereocenters. The number of aromatic nitrogens is 5. The molecule has 1 amide bonds. The minimum Gasteiger partial charge on any atom is -0.383 e. The maximum absolute atomic E-state index is 13.2. The number of amides is 1. The first-order chi connectivity index (χ1) is 14.7.